The highest BCUT2D eigenvalue weighted by atomic mass is 32.2. The number of rotatable bonds is 9. The van der Waals surface area contributed by atoms with Crippen molar-refractivity contribution in [1.82, 2.24) is 0 Å². The lowest BCUT2D eigenvalue weighted by Crippen LogP contribution is -2.03. The van der Waals surface area contributed by atoms with Crippen LogP contribution in [0.4, 0.5) is 0 Å². The third kappa shape index (κ3) is 6.25. The quantitative estimate of drug-likeness (QED) is 0.541. The second kappa shape index (κ2) is 9.10. The van der Waals surface area contributed by atoms with E-state index in [1.165, 1.54) is 17.7 Å². The number of aryl methyl sites for hydroxylation is 2. The van der Waals surface area contributed by atoms with Crippen molar-refractivity contribution in [1.29, 1.82) is 0 Å². The van der Waals surface area contributed by atoms with Crippen molar-refractivity contribution in [3.05, 3.63) is 65.2 Å². The fraction of sp³-hybridized carbons (Fsp3) is 0.368. The molecule has 136 valence electrons. The molecule has 0 fully saturated rings. The first-order valence-corrected chi connectivity index (χ1v) is 9.60. The highest BCUT2D eigenvalue weighted by Crippen LogP contribution is 2.18. The largest absolute Gasteiger partial charge is 0.359 e. The van der Waals surface area contributed by atoms with E-state index in [2.05, 4.69) is 24.3 Å². The fourth-order valence-corrected chi connectivity index (χ4v) is 3.03. The summed E-state index contributed by atoms with van der Waals surface area (Å²) in [6, 6.07) is 14.7. The number of ether oxygens (including phenoxy) is 2. The maximum atomic E-state index is 11.0. The van der Waals surface area contributed by atoms with Crippen LogP contribution in [0, 0.1) is 0 Å². The van der Waals surface area contributed by atoms with Gasteiger partial charge in [0.25, 0.3) is 10.1 Å². The van der Waals surface area contributed by atoms with Crippen LogP contribution < -0.4 is 0 Å². The van der Waals surface area contributed by atoms with Crippen LogP contribution in [0.15, 0.2) is 53.4 Å². The van der Waals surface area contributed by atoms with Crippen molar-refractivity contribution in [2.45, 2.75) is 37.2 Å². The van der Waals surface area contributed by atoms with Gasteiger partial charge in [0, 0.05) is 7.11 Å². The second-order valence-electron chi connectivity index (χ2n) is 5.93. The Morgan fingerprint density at radius 2 is 1.48 bits per heavy atom. The summed E-state index contributed by atoms with van der Waals surface area (Å²) in [5.74, 6) is 0. The Balaban J connectivity index is 1.83. The van der Waals surface area contributed by atoms with Gasteiger partial charge >= 0.3 is 0 Å². The maximum absolute atomic E-state index is 11.0. The lowest BCUT2D eigenvalue weighted by atomic mass is 10.0. The summed E-state index contributed by atoms with van der Waals surface area (Å²) in [4.78, 5) is -0.0725. The van der Waals surface area contributed by atoms with Crippen molar-refractivity contribution in [3.8, 4) is 0 Å². The summed E-state index contributed by atoms with van der Waals surface area (Å²) in [6.07, 6.45) is 2.74. The molecular formula is C19H24O5S. The summed E-state index contributed by atoms with van der Waals surface area (Å²) in [5.41, 5.74) is 3.41. The van der Waals surface area contributed by atoms with Gasteiger partial charge in [-0.2, -0.15) is 8.42 Å². The SMILES string of the molecule is COCOC(C)c1ccc(CCCc2ccc(S(=O)(=O)O)cc2)cc1. The second-order valence-corrected chi connectivity index (χ2v) is 7.35. The van der Waals surface area contributed by atoms with E-state index in [4.69, 9.17) is 14.0 Å². The lowest BCUT2D eigenvalue weighted by Gasteiger charge is -2.13. The summed E-state index contributed by atoms with van der Waals surface area (Å²) in [6.45, 7) is 2.27. The van der Waals surface area contributed by atoms with Crippen molar-refractivity contribution >= 4 is 10.1 Å². The fourth-order valence-electron chi connectivity index (χ4n) is 2.55. The molecule has 0 saturated carbocycles. The van der Waals surface area contributed by atoms with E-state index < -0.39 is 10.1 Å². The molecule has 0 heterocycles. The van der Waals surface area contributed by atoms with Gasteiger partial charge in [-0.25, -0.2) is 0 Å². The zero-order chi connectivity index (χ0) is 18.3. The molecule has 0 spiro atoms. The molecule has 5 nitrogen and oxygen atoms in total. The third-order valence-electron chi connectivity index (χ3n) is 4.04. The van der Waals surface area contributed by atoms with E-state index >= 15 is 0 Å². The third-order valence-corrected chi connectivity index (χ3v) is 4.91. The summed E-state index contributed by atoms with van der Waals surface area (Å²) < 4.78 is 41.4. The van der Waals surface area contributed by atoms with Crippen LogP contribution in [0.25, 0.3) is 0 Å². The first kappa shape index (κ1) is 19.6. The van der Waals surface area contributed by atoms with Gasteiger partial charge in [0.2, 0.25) is 0 Å². The normalized spacial score (nSPS) is 12.9. The van der Waals surface area contributed by atoms with Gasteiger partial charge in [0.15, 0.2) is 0 Å². The smallest absolute Gasteiger partial charge is 0.294 e. The van der Waals surface area contributed by atoms with Crippen LogP contribution in [-0.2, 0) is 32.4 Å². The minimum absolute atomic E-state index is 0.00433. The molecule has 1 unspecified atom stereocenters. The average molecular weight is 364 g/mol. The zero-order valence-electron chi connectivity index (χ0n) is 14.5. The molecule has 25 heavy (non-hydrogen) atoms. The molecule has 0 aliphatic heterocycles. The van der Waals surface area contributed by atoms with Gasteiger partial charge < -0.3 is 9.47 Å². The lowest BCUT2D eigenvalue weighted by molar-refractivity contribution is -0.0666. The molecule has 0 saturated heterocycles. The molecule has 0 aliphatic carbocycles. The summed E-state index contributed by atoms with van der Waals surface area (Å²) in [5, 5.41) is 0. The number of hydrogen-bond donors (Lipinski definition) is 1. The van der Waals surface area contributed by atoms with E-state index in [1.807, 2.05) is 6.92 Å². The predicted molar refractivity (Wildman–Crippen MR) is 96.1 cm³/mol. The van der Waals surface area contributed by atoms with Crippen LogP contribution in [0.1, 0.15) is 36.1 Å². The first-order valence-electron chi connectivity index (χ1n) is 8.16. The van der Waals surface area contributed by atoms with Crippen molar-refractivity contribution in [3.63, 3.8) is 0 Å². The minimum Gasteiger partial charge on any atom is -0.359 e. The van der Waals surface area contributed by atoms with Crippen LogP contribution in [-0.4, -0.2) is 26.9 Å². The Labute approximate surface area is 149 Å². The molecule has 1 N–H and O–H groups in total. The first-order chi connectivity index (χ1) is 11.9. The van der Waals surface area contributed by atoms with E-state index in [0.29, 0.717) is 0 Å². The highest BCUT2D eigenvalue weighted by molar-refractivity contribution is 7.85. The van der Waals surface area contributed by atoms with Crippen LogP contribution in [0.2, 0.25) is 0 Å². The molecule has 6 heteroatoms. The van der Waals surface area contributed by atoms with Gasteiger partial charge in [-0.3, -0.25) is 4.55 Å². The molecule has 0 amide bonds. The average Bonchev–Trinajstić information content (AvgIpc) is 2.60. The molecule has 0 radical (unpaired) electrons. The molecular weight excluding hydrogens is 340 g/mol. The van der Waals surface area contributed by atoms with Gasteiger partial charge in [-0.05, 0) is 55.0 Å². The maximum Gasteiger partial charge on any atom is 0.294 e. The molecule has 0 aromatic heterocycles. The number of benzene rings is 2. The topological polar surface area (TPSA) is 72.8 Å². The van der Waals surface area contributed by atoms with Gasteiger partial charge in [0.1, 0.15) is 6.79 Å². The van der Waals surface area contributed by atoms with Crippen molar-refractivity contribution < 1.29 is 22.4 Å². The van der Waals surface area contributed by atoms with Crippen LogP contribution in [0.3, 0.4) is 0 Å². The monoisotopic (exact) mass is 364 g/mol. The Kier molecular flexibility index (Phi) is 7.13. The van der Waals surface area contributed by atoms with E-state index in [9.17, 15) is 8.42 Å². The van der Waals surface area contributed by atoms with Crippen molar-refractivity contribution in [2.75, 3.05) is 13.9 Å². The molecule has 2 aromatic carbocycles. The van der Waals surface area contributed by atoms with Crippen molar-refractivity contribution in [2.24, 2.45) is 0 Å². The standard InChI is InChI=1S/C19H24O5S/c1-15(24-14-23-2)18-10-6-16(7-11-18)4-3-5-17-8-12-19(13-9-17)25(20,21)22/h6-13,15H,3-5,14H2,1-2H3,(H,20,21,22). The minimum atomic E-state index is -4.12. The van der Waals surface area contributed by atoms with E-state index in [1.54, 1.807) is 19.2 Å². The summed E-state index contributed by atoms with van der Waals surface area (Å²) >= 11 is 0. The van der Waals surface area contributed by atoms with Crippen LogP contribution >= 0.6 is 0 Å². The Morgan fingerprint density at radius 3 is 1.96 bits per heavy atom. The Hall–Kier alpha value is -1.73. The molecule has 0 aliphatic rings. The molecule has 0 bridgehead atoms. The van der Waals surface area contributed by atoms with E-state index in [-0.39, 0.29) is 17.8 Å². The van der Waals surface area contributed by atoms with Crippen LogP contribution in [0.5, 0.6) is 0 Å². The Morgan fingerprint density at radius 1 is 0.960 bits per heavy atom. The van der Waals surface area contributed by atoms with Gasteiger partial charge in [-0.15, -0.1) is 0 Å². The van der Waals surface area contributed by atoms with Gasteiger partial charge in [-0.1, -0.05) is 36.4 Å². The highest BCUT2D eigenvalue weighted by Gasteiger charge is 2.08. The van der Waals surface area contributed by atoms with Gasteiger partial charge in [0.05, 0.1) is 11.0 Å². The predicted octanol–water partition coefficient (Wildman–Crippen LogP) is 3.79. The van der Waals surface area contributed by atoms with E-state index in [0.717, 1.165) is 30.4 Å². The Bertz CT molecular complexity index is 751. The molecule has 2 aromatic rings. The summed E-state index contributed by atoms with van der Waals surface area (Å²) in [7, 11) is -2.52. The molecule has 2 rings (SSSR count). The zero-order valence-corrected chi connectivity index (χ0v) is 15.3. The molecule has 1 atom stereocenters. The number of methoxy groups -OCH3 is 1. The number of hydrogen-bond acceptors (Lipinski definition) is 4.